The van der Waals surface area contributed by atoms with E-state index in [2.05, 4.69) is 11.9 Å². The van der Waals surface area contributed by atoms with Crippen molar-refractivity contribution in [3.05, 3.63) is 30.1 Å². The van der Waals surface area contributed by atoms with Gasteiger partial charge in [-0.2, -0.15) is 0 Å². The molecule has 4 nitrogen and oxygen atoms in total. The number of nitrogens with zero attached hydrogens (tertiary/aromatic N) is 1. The van der Waals surface area contributed by atoms with Crippen LogP contribution in [0.25, 0.3) is 0 Å². The highest BCUT2D eigenvalue weighted by atomic mass is 16.3. The zero-order valence-electron chi connectivity index (χ0n) is 11.9. The molecular weight excluding hydrogens is 254 g/mol. The first-order valence-electron chi connectivity index (χ1n) is 7.40. The van der Waals surface area contributed by atoms with Gasteiger partial charge in [-0.1, -0.05) is 13.0 Å². The molecule has 20 heavy (non-hydrogen) atoms. The number of pyridine rings is 1. The summed E-state index contributed by atoms with van der Waals surface area (Å²) in [6, 6.07) is 3.69. The van der Waals surface area contributed by atoms with Crippen molar-refractivity contribution in [3.8, 4) is 0 Å². The van der Waals surface area contributed by atoms with Gasteiger partial charge < -0.3 is 15.3 Å². The van der Waals surface area contributed by atoms with E-state index in [4.69, 9.17) is 0 Å². The molecule has 3 N–H and O–H groups in total. The summed E-state index contributed by atoms with van der Waals surface area (Å²) in [6.07, 6.45) is 6.51. The minimum absolute atomic E-state index is 0.115. The molecule has 0 amide bonds. The highest BCUT2D eigenvalue weighted by Crippen LogP contribution is 2.61. The number of hydrogen-bond acceptors (Lipinski definition) is 4. The molecule has 1 aromatic rings. The second-order valence-electron chi connectivity index (χ2n) is 6.82. The Kier molecular flexibility index (Phi) is 3.16. The maximum absolute atomic E-state index is 11.1. The van der Waals surface area contributed by atoms with Crippen molar-refractivity contribution in [1.29, 1.82) is 0 Å². The van der Waals surface area contributed by atoms with Crippen LogP contribution in [0.5, 0.6) is 0 Å². The number of fused-ring (bicyclic) bond motifs is 1. The minimum Gasteiger partial charge on any atom is -0.396 e. The van der Waals surface area contributed by atoms with Crippen LogP contribution in [0.4, 0.5) is 0 Å². The fraction of sp³-hybridized carbons (Fsp3) is 0.688. The first kappa shape index (κ1) is 14.0. The molecule has 1 aromatic heterocycles. The third-order valence-corrected chi connectivity index (χ3v) is 5.93. The van der Waals surface area contributed by atoms with Gasteiger partial charge in [0.2, 0.25) is 0 Å². The van der Waals surface area contributed by atoms with E-state index in [-0.39, 0.29) is 17.9 Å². The summed E-state index contributed by atoms with van der Waals surface area (Å²) in [5, 5.41) is 31.6. The molecule has 0 bridgehead atoms. The Morgan fingerprint density at radius 2 is 2.10 bits per heavy atom. The van der Waals surface area contributed by atoms with E-state index in [1.54, 1.807) is 12.4 Å². The Balaban J connectivity index is 1.93. The average molecular weight is 277 g/mol. The van der Waals surface area contributed by atoms with Gasteiger partial charge in [-0.05, 0) is 37.7 Å². The van der Waals surface area contributed by atoms with Crippen LogP contribution >= 0.6 is 0 Å². The Morgan fingerprint density at radius 3 is 2.75 bits per heavy atom. The van der Waals surface area contributed by atoms with Crippen LogP contribution in [-0.4, -0.2) is 32.5 Å². The van der Waals surface area contributed by atoms with E-state index < -0.39 is 11.2 Å². The average Bonchev–Trinajstić information content (AvgIpc) is 2.71. The van der Waals surface area contributed by atoms with Crippen LogP contribution in [0.1, 0.15) is 44.6 Å². The molecule has 4 heteroatoms. The van der Waals surface area contributed by atoms with Crippen molar-refractivity contribution >= 4 is 0 Å². The Morgan fingerprint density at radius 1 is 1.30 bits per heavy atom. The second-order valence-corrected chi connectivity index (χ2v) is 6.82. The van der Waals surface area contributed by atoms with Crippen molar-refractivity contribution in [2.24, 2.45) is 11.3 Å². The molecule has 0 saturated heterocycles. The van der Waals surface area contributed by atoms with Crippen LogP contribution in [0.2, 0.25) is 0 Å². The second kappa shape index (κ2) is 4.52. The molecule has 0 spiro atoms. The van der Waals surface area contributed by atoms with E-state index in [1.165, 1.54) is 0 Å². The predicted molar refractivity (Wildman–Crippen MR) is 74.9 cm³/mol. The summed E-state index contributed by atoms with van der Waals surface area (Å²) in [6.45, 7) is 2.17. The van der Waals surface area contributed by atoms with E-state index in [9.17, 15) is 15.3 Å². The maximum Gasteiger partial charge on any atom is 0.0939 e. The van der Waals surface area contributed by atoms with Crippen molar-refractivity contribution in [2.45, 2.75) is 50.2 Å². The Bertz CT molecular complexity index is 494. The quantitative estimate of drug-likeness (QED) is 0.767. The minimum atomic E-state index is -1.01. The van der Waals surface area contributed by atoms with Gasteiger partial charge >= 0.3 is 0 Å². The maximum atomic E-state index is 11.1. The van der Waals surface area contributed by atoms with Gasteiger partial charge in [-0.15, -0.1) is 0 Å². The number of hydrogen-bond donors (Lipinski definition) is 3. The van der Waals surface area contributed by atoms with Gasteiger partial charge in [-0.3, -0.25) is 4.98 Å². The zero-order chi connectivity index (χ0) is 14.4. The third-order valence-electron chi connectivity index (χ3n) is 5.93. The van der Waals surface area contributed by atoms with Gasteiger partial charge in [0, 0.05) is 36.4 Å². The smallest absolute Gasteiger partial charge is 0.0939 e. The van der Waals surface area contributed by atoms with Crippen molar-refractivity contribution in [2.75, 3.05) is 6.61 Å². The summed E-state index contributed by atoms with van der Waals surface area (Å²) in [4.78, 5) is 4.08. The molecular formula is C16H23NO3. The summed E-state index contributed by atoms with van der Waals surface area (Å²) in [5.74, 6) is 0.131. The summed E-state index contributed by atoms with van der Waals surface area (Å²) in [5.41, 5.74) is -1.42. The number of rotatable bonds is 2. The lowest BCUT2D eigenvalue weighted by atomic mass is 9.58. The summed E-state index contributed by atoms with van der Waals surface area (Å²) in [7, 11) is 0. The SMILES string of the molecule is C[C@]12CC[C@](O)(c3cccnc3)C[C@@]1(O)CC[C@@H]2CO. The Hall–Kier alpha value is -0.970. The van der Waals surface area contributed by atoms with E-state index >= 15 is 0 Å². The highest BCUT2D eigenvalue weighted by Gasteiger charge is 2.61. The van der Waals surface area contributed by atoms with Gasteiger partial charge in [-0.25, -0.2) is 0 Å². The van der Waals surface area contributed by atoms with Crippen LogP contribution in [0, 0.1) is 11.3 Å². The first-order chi connectivity index (χ1) is 9.44. The molecule has 2 aliphatic rings. The fourth-order valence-corrected chi connectivity index (χ4v) is 4.34. The standard InChI is InChI=1S/C16H23NO3/c1-14-6-7-15(19,12-3-2-8-17-9-12)11-16(14,20)5-4-13(14)10-18/h2-3,8-9,13,18-20H,4-7,10-11H2,1H3/t13-,14-,15-,16+/m1/s1. The molecule has 0 radical (unpaired) electrons. The van der Waals surface area contributed by atoms with Gasteiger partial charge in [0.05, 0.1) is 11.2 Å². The molecule has 0 aromatic carbocycles. The van der Waals surface area contributed by atoms with Crippen molar-refractivity contribution < 1.29 is 15.3 Å². The van der Waals surface area contributed by atoms with Gasteiger partial charge in [0.25, 0.3) is 0 Å². The topological polar surface area (TPSA) is 73.6 Å². The van der Waals surface area contributed by atoms with Crippen molar-refractivity contribution in [1.82, 2.24) is 4.98 Å². The molecule has 2 saturated carbocycles. The first-order valence-corrected chi connectivity index (χ1v) is 7.40. The predicted octanol–water partition coefficient (Wildman–Crippen LogP) is 1.59. The largest absolute Gasteiger partial charge is 0.396 e. The van der Waals surface area contributed by atoms with E-state index in [1.807, 2.05) is 12.1 Å². The zero-order valence-corrected chi connectivity index (χ0v) is 11.9. The molecule has 2 fully saturated rings. The van der Waals surface area contributed by atoms with E-state index in [0.717, 1.165) is 18.4 Å². The number of aromatic nitrogens is 1. The molecule has 2 aliphatic carbocycles. The lowest BCUT2D eigenvalue weighted by molar-refractivity contribution is -0.173. The highest BCUT2D eigenvalue weighted by molar-refractivity contribution is 5.23. The lowest BCUT2D eigenvalue weighted by Gasteiger charge is -2.52. The van der Waals surface area contributed by atoms with Gasteiger partial charge in [0.1, 0.15) is 0 Å². The molecule has 0 unspecified atom stereocenters. The van der Waals surface area contributed by atoms with Crippen LogP contribution in [0.15, 0.2) is 24.5 Å². The normalized spacial score (nSPS) is 44.3. The fourth-order valence-electron chi connectivity index (χ4n) is 4.34. The van der Waals surface area contributed by atoms with Crippen molar-refractivity contribution in [3.63, 3.8) is 0 Å². The van der Waals surface area contributed by atoms with Gasteiger partial charge in [0.15, 0.2) is 0 Å². The number of aliphatic hydroxyl groups is 3. The van der Waals surface area contributed by atoms with Crippen LogP contribution < -0.4 is 0 Å². The molecule has 110 valence electrons. The Labute approximate surface area is 119 Å². The molecule has 4 atom stereocenters. The van der Waals surface area contributed by atoms with Crippen LogP contribution in [-0.2, 0) is 5.60 Å². The molecule has 3 rings (SSSR count). The monoisotopic (exact) mass is 277 g/mol. The number of aliphatic hydroxyl groups excluding tert-OH is 1. The summed E-state index contributed by atoms with van der Waals surface area (Å²) >= 11 is 0. The van der Waals surface area contributed by atoms with Crippen LogP contribution in [0.3, 0.4) is 0 Å². The van der Waals surface area contributed by atoms with E-state index in [0.29, 0.717) is 19.3 Å². The third kappa shape index (κ3) is 1.82. The molecule has 0 aliphatic heterocycles. The lowest BCUT2D eigenvalue weighted by Crippen LogP contribution is -2.55. The molecule has 1 heterocycles. The summed E-state index contributed by atoms with van der Waals surface area (Å²) < 4.78 is 0.